The van der Waals surface area contributed by atoms with Crippen LogP contribution in [0.25, 0.3) is 0 Å². The Balaban J connectivity index is 1.79. The fraction of sp³-hybridized carbons (Fsp3) is 0.647. The van der Waals surface area contributed by atoms with Gasteiger partial charge < -0.3 is 5.32 Å². The molecule has 2 aliphatic rings. The molecule has 0 aromatic heterocycles. The first kappa shape index (κ1) is 13.1. The Labute approximate surface area is 117 Å². The van der Waals surface area contributed by atoms with Gasteiger partial charge in [0, 0.05) is 38.1 Å². The number of piperazine rings is 1. The number of nitrogens with one attached hydrogen (secondary N) is 1. The van der Waals surface area contributed by atoms with E-state index in [2.05, 4.69) is 42.3 Å². The first-order valence-corrected chi connectivity index (χ1v) is 7.70. The van der Waals surface area contributed by atoms with E-state index in [-0.39, 0.29) is 0 Å². The number of benzene rings is 1. The molecule has 0 unspecified atom stereocenters. The summed E-state index contributed by atoms with van der Waals surface area (Å²) >= 11 is 0. The van der Waals surface area contributed by atoms with Crippen molar-refractivity contribution in [3.63, 3.8) is 0 Å². The van der Waals surface area contributed by atoms with Crippen molar-refractivity contribution in [1.82, 2.24) is 10.2 Å². The van der Waals surface area contributed by atoms with Crippen molar-refractivity contribution in [2.45, 2.75) is 38.5 Å². The second kappa shape index (κ2) is 5.26. The van der Waals surface area contributed by atoms with E-state index in [4.69, 9.17) is 0 Å². The first-order valence-electron chi connectivity index (χ1n) is 7.70. The fourth-order valence-corrected chi connectivity index (χ4v) is 3.51. The van der Waals surface area contributed by atoms with Gasteiger partial charge in [0.2, 0.25) is 0 Å². The molecule has 0 radical (unpaired) electrons. The van der Waals surface area contributed by atoms with E-state index >= 15 is 0 Å². The summed E-state index contributed by atoms with van der Waals surface area (Å²) in [5.41, 5.74) is 4.90. The highest BCUT2D eigenvalue weighted by Gasteiger charge is 2.40. The Morgan fingerprint density at radius 3 is 2.42 bits per heavy atom. The van der Waals surface area contributed by atoms with Crippen LogP contribution in [0.2, 0.25) is 0 Å². The first-order chi connectivity index (χ1) is 9.20. The van der Waals surface area contributed by atoms with Crippen LogP contribution in [0.1, 0.15) is 36.0 Å². The zero-order chi connectivity index (χ0) is 13.3. The van der Waals surface area contributed by atoms with E-state index in [0.717, 1.165) is 13.1 Å². The number of hydrogen-bond acceptors (Lipinski definition) is 2. The molecule has 1 heterocycles. The standard InChI is InChI=1S/C17H26N2/c1-14-4-5-16(12-15(14)2)17(6-3-7-17)13-19-10-8-18-9-11-19/h4-5,12,18H,3,6-11,13H2,1-2H3. The van der Waals surface area contributed by atoms with Gasteiger partial charge in [-0.1, -0.05) is 24.6 Å². The molecular weight excluding hydrogens is 232 g/mol. The van der Waals surface area contributed by atoms with Gasteiger partial charge in [-0.2, -0.15) is 0 Å². The minimum absolute atomic E-state index is 0.454. The van der Waals surface area contributed by atoms with Gasteiger partial charge in [-0.05, 0) is 43.4 Å². The smallest absolute Gasteiger partial charge is 0.0108 e. The molecular formula is C17H26N2. The van der Waals surface area contributed by atoms with Crippen LogP contribution in [0.15, 0.2) is 18.2 Å². The second-order valence-corrected chi connectivity index (χ2v) is 6.46. The monoisotopic (exact) mass is 258 g/mol. The lowest BCUT2D eigenvalue weighted by Crippen LogP contribution is -2.51. The summed E-state index contributed by atoms with van der Waals surface area (Å²) in [6, 6.07) is 7.13. The number of hydrogen-bond donors (Lipinski definition) is 1. The maximum atomic E-state index is 3.45. The van der Waals surface area contributed by atoms with Crippen molar-refractivity contribution >= 4 is 0 Å². The molecule has 3 rings (SSSR count). The Morgan fingerprint density at radius 1 is 1.11 bits per heavy atom. The molecule has 1 saturated heterocycles. The summed E-state index contributed by atoms with van der Waals surface area (Å²) in [5, 5.41) is 3.45. The molecule has 104 valence electrons. The van der Waals surface area contributed by atoms with Crippen molar-refractivity contribution in [2.24, 2.45) is 0 Å². The van der Waals surface area contributed by atoms with Crippen LogP contribution in [-0.4, -0.2) is 37.6 Å². The maximum Gasteiger partial charge on any atom is 0.0108 e. The van der Waals surface area contributed by atoms with Crippen molar-refractivity contribution < 1.29 is 0 Å². The molecule has 2 heteroatoms. The Bertz CT molecular complexity index is 443. The zero-order valence-corrected chi connectivity index (χ0v) is 12.3. The molecule has 2 fully saturated rings. The van der Waals surface area contributed by atoms with Crippen LogP contribution in [-0.2, 0) is 5.41 Å². The largest absolute Gasteiger partial charge is 0.314 e. The number of aryl methyl sites for hydroxylation is 2. The lowest BCUT2D eigenvalue weighted by molar-refractivity contribution is 0.128. The average molecular weight is 258 g/mol. The Hall–Kier alpha value is -0.860. The topological polar surface area (TPSA) is 15.3 Å². The van der Waals surface area contributed by atoms with Crippen LogP contribution in [0, 0.1) is 13.8 Å². The molecule has 1 saturated carbocycles. The maximum absolute atomic E-state index is 3.45. The average Bonchev–Trinajstić information content (AvgIpc) is 2.38. The van der Waals surface area contributed by atoms with Gasteiger partial charge in [-0.25, -0.2) is 0 Å². The Morgan fingerprint density at radius 2 is 1.84 bits per heavy atom. The van der Waals surface area contributed by atoms with E-state index < -0.39 is 0 Å². The highest BCUT2D eigenvalue weighted by molar-refractivity contribution is 5.36. The summed E-state index contributed by atoms with van der Waals surface area (Å²) in [4.78, 5) is 2.66. The summed E-state index contributed by atoms with van der Waals surface area (Å²) in [6.07, 6.45) is 4.15. The summed E-state index contributed by atoms with van der Waals surface area (Å²) in [5.74, 6) is 0. The van der Waals surface area contributed by atoms with Gasteiger partial charge in [0.1, 0.15) is 0 Å². The van der Waals surface area contributed by atoms with Crippen molar-refractivity contribution in [1.29, 1.82) is 0 Å². The zero-order valence-electron chi connectivity index (χ0n) is 12.3. The molecule has 1 aromatic rings. The number of nitrogens with zero attached hydrogens (tertiary/aromatic N) is 1. The quantitative estimate of drug-likeness (QED) is 0.896. The van der Waals surface area contributed by atoms with E-state index in [1.54, 1.807) is 5.56 Å². The molecule has 19 heavy (non-hydrogen) atoms. The van der Waals surface area contributed by atoms with Crippen LogP contribution in [0.3, 0.4) is 0 Å². The molecule has 1 N–H and O–H groups in total. The molecule has 0 spiro atoms. The highest BCUT2D eigenvalue weighted by Crippen LogP contribution is 2.44. The molecule has 0 amide bonds. The van der Waals surface area contributed by atoms with Gasteiger partial charge in [-0.3, -0.25) is 4.90 Å². The summed E-state index contributed by atoms with van der Waals surface area (Å²) in [6.45, 7) is 10.5. The summed E-state index contributed by atoms with van der Waals surface area (Å²) < 4.78 is 0. The van der Waals surface area contributed by atoms with E-state index in [9.17, 15) is 0 Å². The minimum Gasteiger partial charge on any atom is -0.314 e. The normalized spacial score (nSPS) is 23.1. The van der Waals surface area contributed by atoms with Crippen LogP contribution >= 0.6 is 0 Å². The second-order valence-electron chi connectivity index (χ2n) is 6.46. The molecule has 0 bridgehead atoms. The lowest BCUT2D eigenvalue weighted by atomic mass is 9.63. The van der Waals surface area contributed by atoms with Gasteiger partial charge in [0.25, 0.3) is 0 Å². The molecule has 1 aromatic carbocycles. The third-order valence-corrected chi connectivity index (χ3v) is 5.17. The van der Waals surface area contributed by atoms with Crippen molar-refractivity contribution in [3.05, 3.63) is 34.9 Å². The predicted molar refractivity (Wildman–Crippen MR) is 80.8 cm³/mol. The van der Waals surface area contributed by atoms with Gasteiger partial charge in [0.15, 0.2) is 0 Å². The van der Waals surface area contributed by atoms with Crippen molar-refractivity contribution in [3.8, 4) is 0 Å². The van der Waals surface area contributed by atoms with E-state index in [0.29, 0.717) is 5.41 Å². The van der Waals surface area contributed by atoms with Crippen molar-refractivity contribution in [2.75, 3.05) is 32.7 Å². The van der Waals surface area contributed by atoms with Gasteiger partial charge >= 0.3 is 0 Å². The fourth-order valence-electron chi connectivity index (χ4n) is 3.51. The van der Waals surface area contributed by atoms with Crippen LogP contribution in [0.4, 0.5) is 0 Å². The van der Waals surface area contributed by atoms with Crippen LogP contribution in [0.5, 0.6) is 0 Å². The predicted octanol–water partition coefficient (Wildman–Crippen LogP) is 2.63. The molecule has 0 atom stereocenters. The van der Waals surface area contributed by atoms with Gasteiger partial charge in [-0.15, -0.1) is 0 Å². The Kier molecular flexibility index (Phi) is 3.64. The van der Waals surface area contributed by atoms with Gasteiger partial charge in [0.05, 0.1) is 0 Å². The highest BCUT2D eigenvalue weighted by atomic mass is 15.2. The molecule has 1 aliphatic heterocycles. The minimum atomic E-state index is 0.454. The van der Waals surface area contributed by atoms with E-state index in [1.807, 2.05) is 0 Å². The molecule has 2 nitrogen and oxygen atoms in total. The number of rotatable bonds is 3. The lowest BCUT2D eigenvalue weighted by Gasteiger charge is -2.46. The third-order valence-electron chi connectivity index (χ3n) is 5.17. The van der Waals surface area contributed by atoms with Crippen LogP contribution < -0.4 is 5.32 Å². The molecule has 1 aliphatic carbocycles. The third kappa shape index (κ3) is 2.56. The van der Waals surface area contributed by atoms with E-state index in [1.165, 1.54) is 50.0 Å². The summed E-state index contributed by atoms with van der Waals surface area (Å²) in [7, 11) is 0. The SMILES string of the molecule is Cc1ccc(C2(CN3CCNCC3)CCC2)cc1C.